The van der Waals surface area contributed by atoms with Crippen LogP contribution in [0.15, 0.2) is 174 Å². The molecule has 2 aromatic heterocycles. The summed E-state index contributed by atoms with van der Waals surface area (Å²) in [5.41, 5.74) is 9.90. The molecule has 49 heavy (non-hydrogen) atoms. The van der Waals surface area contributed by atoms with Crippen molar-refractivity contribution in [1.82, 2.24) is 15.0 Å². The summed E-state index contributed by atoms with van der Waals surface area (Å²) in [6, 6.07) is 59.3. The molecule has 5 heteroatoms. The van der Waals surface area contributed by atoms with Crippen molar-refractivity contribution in [2.45, 2.75) is 0 Å². The largest absolute Gasteiger partial charge is 0.456 e. The quantitative estimate of drug-likeness (QED) is 0.178. The van der Waals surface area contributed by atoms with Crippen molar-refractivity contribution in [3.05, 3.63) is 170 Å². The fourth-order valence-electron chi connectivity index (χ4n) is 7.07. The average Bonchev–Trinajstić information content (AvgIpc) is 3.77. The SMILES string of the molecule is c1ccc(N(c2cccc(-c3ccc4c(c3)oc3ccccc34)c2)c2ccc3ccc4ccc5nn(-c6ccccc6)nc5c4c3c2)cc1. The van der Waals surface area contributed by atoms with Crippen LogP contribution in [0.1, 0.15) is 0 Å². The molecule has 0 saturated carbocycles. The first kappa shape index (κ1) is 27.4. The minimum Gasteiger partial charge on any atom is -0.456 e. The van der Waals surface area contributed by atoms with E-state index in [2.05, 4.69) is 132 Å². The normalized spacial score (nSPS) is 11.7. The van der Waals surface area contributed by atoms with E-state index in [0.29, 0.717) is 0 Å². The third-order valence-corrected chi connectivity index (χ3v) is 9.41. The van der Waals surface area contributed by atoms with Gasteiger partial charge in [-0.05, 0) is 100 Å². The monoisotopic (exact) mass is 628 g/mol. The third kappa shape index (κ3) is 4.55. The van der Waals surface area contributed by atoms with Crippen LogP contribution in [0.5, 0.6) is 0 Å². The number of aromatic nitrogens is 3. The van der Waals surface area contributed by atoms with Crippen LogP contribution in [0.2, 0.25) is 0 Å². The minimum absolute atomic E-state index is 0.864. The summed E-state index contributed by atoms with van der Waals surface area (Å²) in [6.45, 7) is 0. The Balaban J connectivity index is 1.14. The van der Waals surface area contributed by atoms with E-state index in [-0.39, 0.29) is 0 Å². The zero-order valence-electron chi connectivity index (χ0n) is 26.4. The molecule has 0 N–H and O–H groups in total. The Morgan fingerprint density at radius 3 is 2.04 bits per heavy atom. The zero-order chi connectivity index (χ0) is 32.3. The lowest BCUT2D eigenvalue weighted by molar-refractivity contribution is 0.669. The van der Waals surface area contributed by atoms with Gasteiger partial charge in [-0.15, -0.1) is 10.2 Å². The summed E-state index contributed by atoms with van der Waals surface area (Å²) < 4.78 is 6.24. The second-order valence-corrected chi connectivity index (χ2v) is 12.4. The molecule has 0 aliphatic heterocycles. The molecular weight excluding hydrogens is 601 g/mol. The number of benzene rings is 8. The average molecular weight is 629 g/mol. The van der Waals surface area contributed by atoms with Crippen molar-refractivity contribution in [2.24, 2.45) is 0 Å². The molecule has 0 spiro atoms. The predicted octanol–water partition coefficient (Wildman–Crippen LogP) is 11.8. The highest BCUT2D eigenvalue weighted by Crippen LogP contribution is 2.40. The van der Waals surface area contributed by atoms with Crippen molar-refractivity contribution < 1.29 is 4.42 Å². The Hall–Kier alpha value is -6.72. The third-order valence-electron chi connectivity index (χ3n) is 9.41. The molecule has 0 amide bonds. The molecule has 0 saturated heterocycles. The molecule has 2 heterocycles. The maximum absolute atomic E-state index is 6.24. The van der Waals surface area contributed by atoms with Gasteiger partial charge in [-0.1, -0.05) is 97.1 Å². The van der Waals surface area contributed by atoms with E-state index in [1.165, 1.54) is 0 Å². The fraction of sp³-hybridized carbons (Fsp3) is 0. The molecule has 8 aromatic carbocycles. The summed E-state index contributed by atoms with van der Waals surface area (Å²) >= 11 is 0. The standard InChI is InChI=1S/C44H28N4O/c1-3-11-33(12-4-1)47(35-15-9-10-31(26-35)32-21-24-38-37-16-7-8-17-41(37)49-42(38)27-32)36-23-20-29-18-19-30-22-25-40-44(43(30)39(29)28-36)46-48(45-40)34-13-5-2-6-14-34/h1-28H. The molecule has 0 fully saturated rings. The van der Waals surface area contributed by atoms with Gasteiger partial charge in [-0.2, -0.15) is 4.80 Å². The number of hydrogen-bond donors (Lipinski definition) is 0. The van der Waals surface area contributed by atoms with Crippen LogP contribution < -0.4 is 4.90 Å². The highest BCUT2D eigenvalue weighted by Gasteiger charge is 2.17. The van der Waals surface area contributed by atoms with Crippen LogP contribution in [0.4, 0.5) is 17.1 Å². The predicted molar refractivity (Wildman–Crippen MR) is 201 cm³/mol. The summed E-state index contributed by atoms with van der Waals surface area (Å²) in [5.74, 6) is 0. The van der Waals surface area contributed by atoms with Crippen LogP contribution in [0.3, 0.4) is 0 Å². The Kier molecular flexibility index (Phi) is 6.11. The van der Waals surface area contributed by atoms with Gasteiger partial charge in [0.1, 0.15) is 22.2 Å². The zero-order valence-corrected chi connectivity index (χ0v) is 26.4. The molecule has 0 atom stereocenters. The van der Waals surface area contributed by atoms with Crippen LogP contribution >= 0.6 is 0 Å². The van der Waals surface area contributed by atoms with E-state index < -0.39 is 0 Å². The lowest BCUT2D eigenvalue weighted by atomic mass is 9.99. The van der Waals surface area contributed by atoms with Crippen molar-refractivity contribution in [3.63, 3.8) is 0 Å². The topological polar surface area (TPSA) is 47.1 Å². The Morgan fingerprint density at radius 2 is 1.14 bits per heavy atom. The Bertz CT molecular complexity index is 2840. The second-order valence-electron chi connectivity index (χ2n) is 12.4. The first-order valence-corrected chi connectivity index (χ1v) is 16.4. The Labute approximate surface area is 281 Å². The van der Waals surface area contributed by atoms with E-state index in [0.717, 1.165) is 88.4 Å². The molecule has 0 radical (unpaired) electrons. The van der Waals surface area contributed by atoms with E-state index in [4.69, 9.17) is 14.6 Å². The lowest BCUT2D eigenvalue weighted by Crippen LogP contribution is -2.09. The molecular formula is C44H28N4O. The van der Waals surface area contributed by atoms with Gasteiger partial charge < -0.3 is 9.32 Å². The van der Waals surface area contributed by atoms with Crippen molar-refractivity contribution in [2.75, 3.05) is 4.90 Å². The molecule has 10 aromatic rings. The molecule has 0 bridgehead atoms. The van der Waals surface area contributed by atoms with Gasteiger partial charge in [0, 0.05) is 33.2 Å². The van der Waals surface area contributed by atoms with Crippen molar-refractivity contribution in [1.29, 1.82) is 0 Å². The van der Waals surface area contributed by atoms with E-state index in [1.807, 2.05) is 42.5 Å². The van der Waals surface area contributed by atoms with Crippen molar-refractivity contribution >= 4 is 71.6 Å². The van der Waals surface area contributed by atoms with Crippen LogP contribution in [0, 0.1) is 0 Å². The molecule has 10 rings (SSSR count). The molecule has 230 valence electrons. The highest BCUT2D eigenvalue weighted by atomic mass is 16.3. The number of nitrogens with zero attached hydrogens (tertiary/aromatic N) is 4. The Morgan fingerprint density at radius 1 is 0.449 bits per heavy atom. The van der Waals surface area contributed by atoms with Gasteiger partial charge in [0.05, 0.1) is 5.69 Å². The molecule has 0 unspecified atom stereocenters. The van der Waals surface area contributed by atoms with Crippen LogP contribution in [-0.2, 0) is 0 Å². The van der Waals surface area contributed by atoms with Gasteiger partial charge in [-0.25, -0.2) is 0 Å². The number of hydrogen-bond acceptors (Lipinski definition) is 4. The number of fused-ring (bicyclic) bond motifs is 8. The second kappa shape index (κ2) is 10.9. The maximum atomic E-state index is 6.24. The van der Waals surface area contributed by atoms with Crippen LogP contribution in [0.25, 0.3) is 71.3 Å². The van der Waals surface area contributed by atoms with Gasteiger partial charge in [0.2, 0.25) is 0 Å². The summed E-state index contributed by atoms with van der Waals surface area (Å²) in [6.07, 6.45) is 0. The summed E-state index contributed by atoms with van der Waals surface area (Å²) in [7, 11) is 0. The summed E-state index contributed by atoms with van der Waals surface area (Å²) in [5, 5.41) is 16.6. The maximum Gasteiger partial charge on any atom is 0.136 e. The van der Waals surface area contributed by atoms with Gasteiger partial charge in [0.25, 0.3) is 0 Å². The number of rotatable bonds is 5. The van der Waals surface area contributed by atoms with Crippen LogP contribution in [-0.4, -0.2) is 15.0 Å². The lowest BCUT2D eigenvalue weighted by Gasteiger charge is -2.26. The van der Waals surface area contributed by atoms with Gasteiger partial charge >= 0.3 is 0 Å². The first-order chi connectivity index (χ1) is 24.3. The van der Waals surface area contributed by atoms with Crippen molar-refractivity contribution in [3.8, 4) is 16.8 Å². The van der Waals surface area contributed by atoms with Gasteiger partial charge in [0.15, 0.2) is 0 Å². The minimum atomic E-state index is 0.864. The molecule has 5 nitrogen and oxygen atoms in total. The van der Waals surface area contributed by atoms with Gasteiger partial charge in [-0.3, -0.25) is 0 Å². The number of para-hydroxylation sites is 3. The number of anilines is 3. The smallest absolute Gasteiger partial charge is 0.136 e. The fourth-order valence-corrected chi connectivity index (χ4v) is 7.07. The van der Waals surface area contributed by atoms with E-state index >= 15 is 0 Å². The molecule has 0 aliphatic rings. The number of furan rings is 1. The highest BCUT2D eigenvalue weighted by molar-refractivity contribution is 6.19. The van der Waals surface area contributed by atoms with E-state index in [9.17, 15) is 0 Å². The van der Waals surface area contributed by atoms with E-state index in [1.54, 1.807) is 4.80 Å². The first-order valence-electron chi connectivity index (χ1n) is 16.4. The summed E-state index contributed by atoms with van der Waals surface area (Å²) in [4.78, 5) is 4.06. The molecule has 0 aliphatic carbocycles.